The number of hydrogen-bond donors (Lipinski definition) is 0. The third kappa shape index (κ3) is 3.87. The van der Waals surface area contributed by atoms with Gasteiger partial charge in [-0.05, 0) is 30.7 Å². The quantitative estimate of drug-likeness (QED) is 0.474. The van der Waals surface area contributed by atoms with E-state index >= 15 is 0 Å². The van der Waals surface area contributed by atoms with Crippen molar-refractivity contribution in [3.05, 3.63) is 41.2 Å². The van der Waals surface area contributed by atoms with Crippen LogP contribution in [-0.4, -0.2) is 12.6 Å². The Kier molecular flexibility index (Phi) is 4.47. The van der Waals surface area contributed by atoms with Crippen molar-refractivity contribution in [2.45, 2.75) is 13.1 Å². The Morgan fingerprint density at radius 1 is 1.39 bits per heavy atom. The van der Waals surface area contributed by atoms with Crippen LogP contribution in [0.25, 0.3) is 6.08 Å². The van der Waals surface area contributed by atoms with Crippen molar-refractivity contribution >= 4 is 12.0 Å². The van der Waals surface area contributed by atoms with Crippen LogP contribution in [0.4, 0.5) is 17.6 Å². The van der Waals surface area contributed by atoms with Gasteiger partial charge < -0.3 is 4.74 Å². The minimum absolute atomic E-state index is 0.124. The molecule has 0 aliphatic carbocycles. The summed E-state index contributed by atoms with van der Waals surface area (Å²) in [5, 5.41) is 0. The summed E-state index contributed by atoms with van der Waals surface area (Å²) >= 11 is 0. The average molecular weight is 262 g/mol. The highest BCUT2D eigenvalue weighted by molar-refractivity contribution is 5.87. The minimum Gasteiger partial charge on any atom is -0.463 e. The second kappa shape index (κ2) is 5.66. The third-order valence-electron chi connectivity index (χ3n) is 2.01. The molecule has 6 heteroatoms. The molecule has 0 aliphatic heterocycles. The lowest BCUT2D eigenvalue weighted by atomic mass is 10.1. The average Bonchev–Trinajstić information content (AvgIpc) is 2.26. The SMILES string of the molecule is CCOC(=O)C=Cc1ccc(F)cc1C(F)(F)F. The lowest BCUT2D eigenvalue weighted by molar-refractivity contribution is -0.138. The Morgan fingerprint density at radius 2 is 2.06 bits per heavy atom. The maximum Gasteiger partial charge on any atom is 0.417 e. The molecular weight excluding hydrogens is 252 g/mol. The van der Waals surface area contributed by atoms with Gasteiger partial charge in [0.15, 0.2) is 0 Å². The predicted molar refractivity (Wildman–Crippen MR) is 57.1 cm³/mol. The zero-order valence-electron chi connectivity index (χ0n) is 9.42. The number of hydrogen-bond acceptors (Lipinski definition) is 2. The monoisotopic (exact) mass is 262 g/mol. The Balaban J connectivity index is 3.06. The van der Waals surface area contributed by atoms with Crippen molar-refractivity contribution in [2.24, 2.45) is 0 Å². The lowest BCUT2D eigenvalue weighted by Gasteiger charge is -2.10. The molecule has 0 unspecified atom stereocenters. The van der Waals surface area contributed by atoms with Gasteiger partial charge in [-0.3, -0.25) is 0 Å². The second-order valence-electron chi connectivity index (χ2n) is 3.31. The van der Waals surface area contributed by atoms with Crippen LogP contribution in [0.2, 0.25) is 0 Å². The number of ether oxygens (including phenoxy) is 1. The fourth-order valence-corrected chi connectivity index (χ4v) is 1.27. The van der Waals surface area contributed by atoms with Gasteiger partial charge in [-0.1, -0.05) is 6.07 Å². The molecular formula is C12H10F4O2. The highest BCUT2D eigenvalue weighted by atomic mass is 19.4. The fourth-order valence-electron chi connectivity index (χ4n) is 1.27. The van der Waals surface area contributed by atoms with Crippen LogP contribution >= 0.6 is 0 Å². The largest absolute Gasteiger partial charge is 0.463 e. The van der Waals surface area contributed by atoms with E-state index in [1.54, 1.807) is 6.92 Å². The first-order chi connectivity index (χ1) is 8.34. The number of alkyl halides is 3. The van der Waals surface area contributed by atoms with Gasteiger partial charge in [0.1, 0.15) is 5.82 Å². The van der Waals surface area contributed by atoms with Gasteiger partial charge in [0.2, 0.25) is 0 Å². The molecule has 1 aromatic rings. The summed E-state index contributed by atoms with van der Waals surface area (Å²) in [6.45, 7) is 1.70. The van der Waals surface area contributed by atoms with E-state index in [9.17, 15) is 22.4 Å². The molecule has 1 rings (SSSR count). The van der Waals surface area contributed by atoms with E-state index in [1.807, 2.05) is 0 Å². The summed E-state index contributed by atoms with van der Waals surface area (Å²) in [5.41, 5.74) is -1.43. The lowest BCUT2D eigenvalue weighted by Crippen LogP contribution is -2.08. The summed E-state index contributed by atoms with van der Waals surface area (Å²) in [6.07, 6.45) is -2.87. The summed E-state index contributed by atoms with van der Waals surface area (Å²) < 4.78 is 55.1. The minimum atomic E-state index is -4.68. The molecule has 0 spiro atoms. The summed E-state index contributed by atoms with van der Waals surface area (Å²) in [5.74, 6) is -1.74. The Hall–Kier alpha value is -1.85. The van der Waals surface area contributed by atoms with Crippen molar-refractivity contribution in [3.63, 3.8) is 0 Å². The van der Waals surface area contributed by atoms with E-state index in [0.29, 0.717) is 6.07 Å². The molecule has 0 atom stereocenters. The zero-order chi connectivity index (χ0) is 13.8. The van der Waals surface area contributed by atoms with Crippen LogP contribution in [0, 0.1) is 5.82 Å². The molecule has 0 radical (unpaired) electrons. The molecule has 0 bridgehead atoms. The van der Waals surface area contributed by atoms with Gasteiger partial charge >= 0.3 is 12.1 Å². The van der Waals surface area contributed by atoms with Crippen LogP contribution in [-0.2, 0) is 15.7 Å². The molecule has 0 saturated heterocycles. The van der Waals surface area contributed by atoms with Crippen LogP contribution in [0.1, 0.15) is 18.1 Å². The van der Waals surface area contributed by atoms with Gasteiger partial charge in [0.05, 0.1) is 12.2 Å². The Morgan fingerprint density at radius 3 is 2.61 bits per heavy atom. The first-order valence-electron chi connectivity index (χ1n) is 5.06. The smallest absolute Gasteiger partial charge is 0.417 e. The van der Waals surface area contributed by atoms with Crippen molar-refractivity contribution in [1.82, 2.24) is 0 Å². The van der Waals surface area contributed by atoms with Crippen molar-refractivity contribution in [1.29, 1.82) is 0 Å². The number of rotatable bonds is 3. The zero-order valence-corrected chi connectivity index (χ0v) is 9.42. The molecule has 0 fully saturated rings. The van der Waals surface area contributed by atoms with Gasteiger partial charge in [-0.25, -0.2) is 9.18 Å². The maximum atomic E-state index is 12.8. The normalized spacial score (nSPS) is 11.8. The van der Waals surface area contributed by atoms with Crippen LogP contribution < -0.4 is 0 Å². The topological polar surface area (TPSA) is 26.3 Å². The molecule has 18 heavy (non-hydrogen) atoms. The van der Waals surface area contributed by atoms with E-state index in [4.69, 9.17) is 0 Å². The van der Waals surface area contributed by atoms with Crippen LogP contribution in [0.3, 0.4) is 0 Å². The standard InChI is InChI=1S/C12H10F4O2/c1-2-18-11(17)6-4-8-3-5-9(13)7-10(8)12(14,15)16/h3-7H,2H2,1H3. The summed E-state index contributed by atoms with van der Waals surface area (Å²) in [7, 11) is 0. The molecule has 2 nitrogen and oxygen atoms in total. The number of carbonyl (C=O) groups excluding carboxylic acids is 1. The Labute approximate surface area is 101 Å². The molecule has 1 aromatic carbocycles. The third-order valence-corrected chi connectivity index (χ3v) is 2.01. The summed E-state index contributed by atoms with van der Waals surface area (Å²) in [6, 6.07) is 2.22. The molecule has 0 saturated carbocycles. The van der Waals surface area contributed by atoms with Gasteiger partial charge in [-0.15, -0.1) is 0 Å². The first kappa shape index (κ1) is 14.2. The molecule has 0 aliphatic rings. The van der Waals surface area contributed by atoms with Gasteiger partial charge in [0.25, 0.3) is 0 Å². The van der Waals surface area contributed by atoms with E-state index in [0.717, 1.165) is 24.3 Å². The van der Waals surface area contributed by atoms with Crippen molar-refractivity contribution < 1.29 is 27.1 Å². The summed E-state index contributed by atoms with van der Waals surface area (Å²) in [4.78, 5) is 11.0. The van der Waals surface area contributed by atoms with E-state index < -0.39 is 23.5 Å². The first-order valence-corrected chi connectivity index (χ1v) is 5.06. The predicted octanol–water partition coefficient (Wildman–Crippen LogP) is 3.42. The van der Waals surface area contributed by atoms with Crippen LogP contribution in [0.15, 0.2) is 24.3 Å². The molecule has 0 heterocycles. The molecule has 98 valence electrons. The van der Waals surface area contributed by atoms with E-state index in [1.165, 1.54) is 0 Å². The fraction of sp³-hybridized carbons (Fsp3) is 0.250. The van der Waals surface area contributed by atoms with Crippen molar-refractivity contribution in [2.75, 3.05) is 6.61 Å². The van der Waals surface area contributed by atoms with Gasteiger partial charge in [-0.2, -0.15) is 13.2 Å². The molecule has 0 aromatic heterocycles. The molecule has 0 N–H and O–H groups in total. The van der Waals surface area contributed by atoms with E-state index in [-0.39, 0.29) is 12.2 Å². The Bertz CT molecular complexity index is 464. The highest BCUT2D eigenvalue weighted by Gasteiger charge is 2.33. The molecule has 0 amide bonds. The van der Waals surface area contributed by atoms with Gasteiger partial charge in [0, 0.05) is 6.08 Å². The van der Waals surface area contributed by atoms with Crippen LogP contribution in [0.5, 0.6) is 0 Å². The maximum absolute atomic E-state index is 12.8. The highest BCUT2D eigenvalue weighted by Crippen LogP contribution is 2.33. The number of esters is 1. The number of halogens is 4. The number of benzene rings is 1. The number of carbonyl (C=O) groups is 1. The van der Waals surface area contributed by atoms with Crippen molar-refractivity contribution in [3.8, 4) is 0 Å². The van der Waals surface area contributed by atoms with E-state index in [2.05, 4.69) is 4.74 Å². The second-order valence-corrected chi connectivity index (χ2v) is 3.31.